The van der Waals surface area contributed by atoms with Gasteiger partial charge in [0.25, 0.3) is 0 Å². The number of hydrogen-bond acceptors (Lipinski definition) is 3. The third-order valence-electron chi connectivity index (χ3n) is 5.98. The molecule has 1 aromatic carbocycles. The topological polar surface area (TPSA) is 64.3 Å². The largest absolute Gasteiger partial charge is 0.378 e. The molecule has 3 unspecified atom stereocenters. The average molecular weight is 383 g/mol. The Morgan fingerprint density at radius 1 is 1.35 bits per heavy atom. The lowest BCUT2D eigenvalue weighted by Crippen LogP contribution is -2.76. The Balaban J connectivity index is 0.00000338. The van der Waals surface area contributed by atoms with Crippen molar-refractivity contribution in [2.75, 3.05) is 6.61 Å². The lowest BCUT2D eigenvalue weighted by molar-refractivity contribution is -0.171. The fourth-order valence-corrected chi connectivity index (χ4v) is 4.00. The Morgan fingerprint density at radius 2 is 1.92 bits per heavy atom. The second-order valence-corrected chi connectivity index (χ2v) is 8.67. The molecule has 0 bridgehead atoms. The van der Waals surface area contributed by atoms with Crippen molar-refractivity contribution in [3.63, 3.8) is 0 Å². The first-order chi connectivity index (χ1) is 11.5. The lowest BCUT2D eigenvalue weighted by Gasteiger charge is -2.57. The number of carbonyl (C=O) groups is 1. The van der Waals surface area contributed by atoms with Gasteiger partial charge in [-0.15, -0.1) is 12.4 Å². The number of carbonyl (C=O) groups excluding carboxylic acids is 1. The molecule has 1 fully saturated rings. The van der Waals surface area contributed by atoms with Crippen LogP contribution in [-0.4, -0.2) is 30.2 Å². The van der Waals surface area contributed by atoms with Crippen molar-refractivity contribution in [2.24, 2.45) is 11.1 Å². The molecule has 4 nitrogen and oxygen atoms in total. The van der Waals surface area contributed by atoms with E-state index in [1.807, 2.05) is 26.8 Å². The second kappa shape index (κ2) is 8.28. The molecule has 5 heteroatoms. The number of hydrogen-bond donors (Lipinski definition) is 2. The number of benzene rings is 1. The third-order valence-corrected chi connectivity index (χ3v) is 5.98. The number of ether oxygens (including phenoxy) is 1. The molecular weight excluding hydrogens is 348 g/mol. The molecule has 1 aromatic rings. The van der Waals surface area contributed by atoms with E-state index in [1.165, 1.54) is 5.56 Å². The van der Waals surface area contributed by atoms with Gasteiger partial charge in [0.1, 0.15) is 5.54 Å². The highest BCUT2D eigenvalue weighted by Crippen LogP contribution is 2.50. The predicted octanol–water partition coefficient (Wildman–Crippen LogP) is 3.81. The summed E-state index contributed by atoms with van der Waals surface area (Å²) in [5.74, 6) is -0.0650. The van der Waals surface area contributed by atoms with Crippen molar-refractivity contribution in [1.29, 1.82) is 0 Å². The number of halogens is 1. The van der Waals surface area contributed by atoms with Gasteiger partial charge in [-0.25, -0.2) is 0 Å². The van der Waals surface area contributed by atoms with E-state index in [4.69, 9.17) is 10.5 Å². The second-order valence-electron chi connectivity index (χ2n) is 8.67. The molecular formula is C21H35ClN2O2. The highest BCUT2D eigenvalue weighted by molar-refractivity contribution is 5.89. The molecule has 1 amide bonds. The summed E-state index contributed by atoms with van der Waals surface area (Å²) in [6.45, 7) is 13.1. The van der Waals surface area contributed by atoms with E-state index in [-0.39, 0.29) is 41.3 Å². The van der Waals surface area contributed by atoms with Crippen LogP contribution in [0.4, 0.5) is 0 Å². The summed E-state index contributed by atoms with van der Waals surface area (Å²) in [5, 5.41) is 3.15. The molecule has 1 aliphatic carbocycles. The first-order valence-corrected chi connectivity index (χ1v) is 9.31. The maximum Gasteiger partial charge on any atom is 0.241 e. The van der Waals surface area contributed by atoms with Crippen molar-refractivity contribution >= 4 is 18.3 Å². The predicted molar refractivity (Wildman–Crippen MR) is 110 cm³/mol. The molecule has 2 rings (SSSR count). The summed E-state index contributed by atoms with van der Waals surface area (Å²) >= 11 is 0. The average Bonchev–Trinajstić information content (AvgIpc) is 2.54. The molecule has 26 heavy (non-hydrogen) atoms. The summed E-state index contributed by atoms with van der Waals surface area (Å²) in [6, 6.07) is 10.5. The molecule has 3 atom stereocenters. The standard InChI is InChI=1S/C21H34N2O2.ClH/c1-7-25-17-14-21(22,20(17,5)6)18(24)23-15(2)13-19(3,4)16-11-9-8-10-12-16;/h8-12,15,17H,7,13-14,22H2,1-6H3,(H,23,24);1H. The van der Waals surface area contributed by atoms with Crippen LogP contribution < -0.4 is 11.1 Å². The fourth-order valence-electron chi connectivity index (χ4n) is 4.00. The molecule has 3 N–H and O–H groups in total. The fraction of sp³-hybridized carbons (Fsp3) is 0.667. The van der Waals surface area contributed by atoms with Gasteiger partial charge in [-0.1, -0.05) is 58.0 Å². The van der Waals surface area contributed by atoms with Gasteiger partial charge in [0.05, 0.1) is 6.10 Å². The van der Waals surface area contributed by atoms with Crippen LogP contribution in [0.1, 0.15) is 59.9 Å². The van der Waals surface area contributed by atoms with Gasteiger partial charge in [0.15, 0.2) is 0 Å². The maximum atomic E-state index is 12.9. The summed E-state index contributed by atoms with van der Waals surface area (Å²) in [7, 11) is 0. The van der Waals surface area contributed by atoms with Gasteiger partial charge in [0, 0.05) is 24.5 Å². The minimum absolute atomic E-state index is 0. The van der Waals surface area contributed by atoms with E-state index in [0.717, 1.165) is 6.42 Å². The van der Waals surface area contributed by atoms with E-state index in [0.29, 0.717) is 13.0 Å². The first kappa shape index (κ1) is 22.9. The molecule has 0 spiro atoms. The van der Waals surface area contributed by atoms with Crippen LogP contribution in [0.25, 0.3) is 0 Å². The third kappa shape index (κ3) is 4.24. The van der Waals surface area contributed by atoms with Gasteiger partial charge in [-0.3, -0.25) is 4.79 Å². The number of nitrogens with two attached hydrogens (primary N) is 1. The molecule has 0 saturated heterocycles. The van der Waals surface area contributed by atoms with Crippen LogP contribution in [0.15, 0.2) is 30.3 Å². The molecule has 0 aliphatic heterocycles. The zero-order chi connectivity index (χ0) is 18.9. The minimum Gasteiger partial charge on any atom is -0.378 e. The Bertz CT molecular complexity index is 603. The van der Waals surface area contributed by atoms with E-state index in [1.54, 1.807) is 0 Å². The van der Waals surface area contributed by atoms with E-state index in [9.17, 15) is 4.79 Å². The highest BCUT2D eigenvalue weighted by Gasteiger charge is 2.62. The zero-order valence-corrected chi connectivity index (χ0v) is 17.8. The summed E-state index contributed by atoms with van der Waals surface area (Å²) in [6.07, 6.45) is 1.48. The Morgan fingerprint density at radius 3 is 2.42 bits per heavy atom. The molecule has 1 saturated carbocycles. The Hall–Kier alpha value is -1.10. The van der Waals surface area contributed by atoms with E-state index >= 15 is 0 Å². The number of rotatable bonds is 7. The van der Waals surface area contributed by atoms with Crippen LogP contribution in [0.2, 0.25) is 0 Å². The number of nitrogens with one attached hydrogen (secondary N) is 1. The quantitative estimate of drug-likeness (QED) is 0.753. The normalized spacial score (nSPS) is 25.6. The SMILES string of the molecule is CCOC1CC(N)(C(=O)NC(C)CC(C)(C)c2ccccc2)C1(C)C.Cl. The summed E-state index contributed by atoms with van der Waals surface area (Å²) < 4.78 is 5.72. The number of amides is 1. The van der Waals surface area contributed by atoms with E-state index < -0.39 is 5.54 Å². The van der Waals surface area contributed by atoms with E-state index in [2.05, 4.69) is 50.4 Å². The van der Waals surface area contributed by atoms with Crippen LogP contribution in [0, 0.1) is 5.41 Å². The van der Waals surface area contributed by atoms with Crippen molar-refractivity contribution in [1.82, 2.24) is 5.32 Å². The molecule has 0 aromatic heterocycles. The highest BCUT2D eigenvalue weighted by atomic mass is 35.5. The van der Waals surface area contributed by atoms with Gasteiger partial charge in [-0.2, -0.15) is 0 Å². The van der Waals surface area contributed by atoms with Crippen molar-refractivity contribution < 1.29 is 9.53 Å². The van der Waals surface area contributed by atoms with Gasteiger partial charge < -0.3 is 15.8 Å². The molecule has 0 heterocycles. The Kier molecular flexibility index (Phi) is 7.31. The van der Waals surface area contributed by atoms with Crippen molar-refractivity contribution in [3.8, 4) is 0 Å². The smallest absolute Gasteiger partial charge is 0.241 e. The minimum atomic E-state index is -0.863. The van der Waals surface area contributed by atoms with Crippen LogP contribution in [-0.2, 0) is 14.9 Å². The van der Waals surface area contributed by atoms with Gasteiger partial charge >= 0.3 is 0 Å². The van der Waals surface area contributed by atoms with Crippen molar-refractivity contribution in [3.05, 3.63) is 35.9 Å². The molecule has 148 valence electrons. The Labute approximate surface area is 164 Å². The lowest BCUT2D eigenvalue weighted by atomic mass is 9.54. The van der Waals surface area contributed by atoms with Crippen molar-refractivity contribution in [2.45, 2.75) is 77.5 Å². The van der Waals surface area contributed by atoms with Gasteiger partial charge in [-0.05, 0) is 31.2 Å². The molecule has 0 radical (unpaired) electrons. The maximum absolute atomic E-state index is 12.9. The van der Waals surface area contributed by atoms with Crippen LogP contribution >= 0.6 is 12.4 Å². The zero-order valence-electron chi connectivity index (χ0n) is 17.0. The summed E-state index contributed by atoms with van der Waals surface area (Å²) in [5.41, 5.74) is 6.52. The van der Waals surface area contributed by atoms with Crippen LogP contribution in [0.3, 0.4) is 0 Å². The molecule has 1 aliphatic rings. The van der Waals surface area contributed by atoms with Gasteiger partial charge in [0.2, 0.25) is 5.91 Å². The van der Waals surface area contributed by atoms with Crippen LogP contribution in [0.5, 0.6) is 0 Å². The summed E-state index contributed by atoms with van der Waals surface area (Å²) in [4.78, 5) is 12.9. The monoisotopic (exact) mass is 382 g/mol. The first-order valence-electron chi connectivity index (χ1n) is 9.31.